The quantitative estimate of drug-likeness (QED) is 0.915. The van der Waals surface area contributed by atoms with Gasteiger partial charge in [-0.25, -0.2) is 8.42 Å². The minimum atomic E-state index is -3.34. The molecular formula is C12H19ClN2O2S. The molecular weight excluding hydrogens is 272 g/mol. The third-order valence-corrected chi connectivity index (χ3v) is 5.04. The number of sulfonamides is 1. The van der Waals surface area contributed by atoms with Gasteiger partial charge in [0.2, 0.25) is 10.0 Å². The Morgan fingerprint density at radius 1 is 1.33 bits per heavy atom. The zero-order valence-electron chi connectivity index (χ0n) is 10.4. The molecule has 1 fully saturated rings. The van der Waals surface area contributed by atoms with Crippen molar-refractivity contribution in [2.24, 2.45) is 5.73 Å². The predicted molar refractivity (Wildman–Crippen MR) is 74.4 cm³/mol. The van der Waals surface area contributed by atoms with Gasteiger partial charge in [0.1, 0.15) is 0 Å². The molecule has 1 atom stereocenters. The van der Waals surface area contributed by atoms with Crippen molar-refractivity contribution in [3.63, 3.8) is 0 Å². The fourth-order valence-corrected chi connectivity index (χ4v) is 3.53. The van der Waals surface area contributed by atoms with Gasteiger partial charge in [0.05, 0.1) is 4.90 Å². The van der Waals surface area contributed by atoms with Crippen molar-refractivity contribution in [1.82, 2.24) is 4.31 Å². The summed E-state index contributed by atoms with van der Waals surface area (Å²) >= 11 is 0. The van der Waals surface area contributed by atoms with Crippen LogP contribution in [0.5, 0.6) is 0 Å². The predicted octanol–water partition coefficient (Wildman–Crippen LogP) is 1.39. The molecule has 0 radical (unpaired) electrons. The van der Waals surface area contributed by atoms with Gasteiger partial charge in [-0.1, -0.05) is 19.1 Å². The maximum atomic E-state index is 12.2. The van der Waals surface area contributed by atoms with Crippen molar-refractivity contribution in [2.75, 3.05) is 13.1 Å². The van der Waals surface area contributed by atoms with Crippen molar-refractivity contribution in [3.05, 3.63) is 29.8 Å². The summed E-state index contributed by atoms with van der Waals surface area (Å²) in [6.07, 6.45) is 1.65. The number of hydrogen-bond donors (Lipinski definition) is 1. The largest absolute Gasteiger partial charge is 0.326 e. The number of rotatable bonds is 3. The highest BCUT2D eigenvalue weighted by Crippen LogP contribution is 2.20. The second-order valence-electron chi connectivity index (χ2n) is 4.41. The Morgan fingerprint density at radius 2 is 1.94 bits per heavy atom. The van der Waals surface area contributed by atoms with Gasteiger partial charge in [-0.15, -0.1) is 12.4 Å². The lowest BCUT2D eigenvalue weighted by atomic mass is 10.2. The molecule has 1 saturated heterocycles. The molecule has 1 aromatic rings. The molecule has 6 heteroatoms. The molecule has 1 aromatic carbocycles. The second-order valence-corrected chi connectivity index (χ2v) is 6.35. The molecule has 0 aromatic heterocycles. The van der Waals surface area contributed by atoms with Gasteiger partial charge >= 0.3 is 0 Å². The van der Waals surface area contributed by atoms with Crippen LogP contribution in [0, 0.1) is 0 Å². The van der Waals surface area contributed by atoms with E-state index < -0.39 is 10.0 Å². The van der Waals surface area contributed by atoms with Crippen LogP contribution in [0.3, 0.4) is 0 Å². The molecule has 0 spiro atoms. The van der Waals surface area contributed by atoms with Gasteiger partial charge in [-0.3, -0.25) is 0 Å². The first-order valence-electron chi connectivity index (χ1n) is 5.88. The Kier molecular flexibility index (Phi) is 5.16. The average Bonchev–Trinajstić information content (AvgIpc) is 2.77. The number of halogens is 1. The number of aryl methyl sites for hydroxylation is 1. The zero-order valence-corrected chi connectivity index (χ0v) is 12.0. The molecule has 18 heavy (non-hydrogen) atoms. The van der Waals surface area contributed by atoms with Crippen LogP contribution >= 0.6 is 12.4 Å². The fourth-order valence-electron chi connectivity index (χ4n) is 2.02. The van der Waals surface area contributed by atoms with E-state index in [2.05, 4.69) is 0 Å². The molecule has 0 saturated carbocycles. The van der Waals surface area contributed by atoms with Gasteiger partial charge in [-0.2, -0.15) is 4.31 Å². The second kappa shape index (κ2) is 6.02. The van der Waals surface area contributed by atoms with E-state index in [1.807, 2.05) is 19.1 Å². The highest BCUT2D eigenvalue weighted by Gasteiger charge is 2.30. The van der Waals surface area contributed by atoms with Gasteiger partial charge in [0, 0.05) is 19.1 Å². The van der Waals surface area contributed by atoms with Crippen molar-refractivity contribution in [2.45, 2.75) is 30.7 Å². The zero-order chi connectivity index (χ0) is 12.5. The topological polar surface area (TPSA) is 63.4 Å². The molecule has 0 bridgehead atoms. The summed E-state index contributed by atoms with van der Waals surface area (Å²) in [5.74, 6) is 0. The van der Waals surface area contributed by atoms with Crippen LogP contribution in [0.15, 0.2) is 29.2 Å². The third-order valence-electron chi connectivity index (χ3n) is 3.16. The summed E-state index contributed by atoms with van der Waals surface area (Å²) in [6, 6.07) is 7.06. The molecule has 0 aliphatic carbocycles. The van der Waals surface area contributed by atoms with E-state index in [1.165, 1.54) is 4.31 Å². The Morgan fingerprint density at radius 3 is 2.39 bits per heavy atom. The van der Waals surface area contributed by atoms with Crippen LogP contribution in [0.2, 0.25) is 0 Å². The SMILES string of the molecule is CCc1ccc(S(=O)(=O)N2CC[C@@H](N)C2)cc1.Cl. The molecule has 1 aliphatic heterocycles. The number of nitrogens with two attached hydrogens (primary N) is 1. The number of nitrogens with zero attached hydrogens (tertiary/aromatic N) is 1. The molecule has 0 amide bonds. The molecule has 1 heterocycles. The van der Waals surface area contributed by atoms with E-state index >= 15 is 0 Å². The molecule has 4 nitrogen and oxygen atoms in total. The van der Waals surface area contributed by atoms with Gasteiger partial charge in [-0.05, 0) is 30.5 Å². The maximum absolute atomic E-state index is 12.2. The Labute approximate surface area is 115 Å². The van der Waals surface area contributed by atoms with Crippen LogP contribution in [0.25, 0.3) is 0 Å². The molecule has 1 aliphatic rings. The van der Waals surface area contributed by atoms with Crippen molar-refractivity contribution < 1.29 is 8.42 Å². The average molecular weight is 291 g/mol. The van der Waals surface area contributed by atoms with Crippen molar-refractivity contribution >= 4 is 22.4 Å². The molecule has 2 N–H and O–H groups in total. The normalized spacial score (nSPS) is 20.7. The summed E-state index contributed by atoms with van der Waals surface area (Å²) in [5, 5.41) is 0. The minimum absolute atomic E-state index is 0. The maximum Gasteiger partial charge on any atom is 0.243 e. The van der Waals surface area contributed by atoms with Crippen LogP contribution in [0.1, 0.15) is 18.9 Å². The molecule has 102 valence electrons. The van der Waals surface area contributed by atoms with Crippen molar-refractivity contribution in [1.29, 1.82) is 0 Å². The van der Waals surface area contributed by atoms with E-state index in [0.29, 0.717) is 18.0 Å². The summed E-state index contributed by atoms with van der Waals surface area (Å²) in [6.45, 7) is 3.00. The van der Waals surface area contributed by atoms with Gasteiger partial charge < -0.3 is 5.73 Å². The third kappa shape index (κ3) is 3.03. The van der Waals surface area contributed by atoms with E-state index in [0.717, 1.165) is 18.4 Å². The number of benzene rings is 1. The van der Waals surface area contributed by atoms with Crippen LogP contribution in [-0.2, 0) is 16.4 Å². The van der Waals surface area contributed by atoms with E-state index in [9.17, 15) is 8.42 Å². The first kappa shape index (κ1) is 15.4. The lowest BCUT2D eigenvalue weighted by molar-refractivity contribution is 0.472. The minimum Gasteiger partial charge on any atom is -0.326 e. The van der Waals surface area contributed by atoms with Gasteiger partial charge in [0.25, 0.3) is 0 Å². The smallest absolute Gasteiger partial charge is 0.243 e. The lowest BCUT2D eigenvalue weighted by Crippen LogP contribution is -2.31. The Hall–Kier alpha value is -0.620. The molecule has 0 unspecified atom stereocenters. The standard InChI is InChI=1S/C12H18N2O2S.ClH/c1-2-10-3-5-12(6-4-10)17(15,16)14-8-7-11(13)9-14;/h3-6,11H,2,7-9,13H2,1H3;1H/t11-;/m1./s1. The van der Waals surface area contributed by atoms with Crippen LogP contribution in [0.4, 0.5) is 0 Å². The van der Waals surface area contributed by atoms with Crippen molar-refractivity contribution in [3.8, 4) is 0 Å². The number of hydrogen-bond acceptors (Lipinski definition) is 3. The fraction of sp³-hybridized carbons (Fsp3) is 0.500. The summed E-state index contributed by atoms with van der Waals surface area (Å²) < 4.78 is 26.0. The van der Waals surface area contributed by atoms with Crippen LogP contribution < -0.4 is 5.73 Å². The van der Waals surface area contributed by atoms with E-state index in [-0.39, 0.29) is 18.4 Å². The van der Waals surface area contributed by atoms with Gasteiger partial charge in [0.15, 0.2) is 0 Å². The Balaban J connectivity index is 0.00000162. The van der Waals surface area contributed by atoms with E-state index in [1.54, 1.807) is 12.1 Å². The summed E-state index contributed by atoms with van der Waals surface area (Å²) in [5.41, 5.74) is 6.88. The summed E-state index contributed by atoms with van der Waals surface area (Å²) in [7, 11) is -3.34. The summed E-state index contributed by atoms with van der Waals surface area (Å²) in [4.78, 5) is 0.365. The lowest BCUT2D eigenvalue weighted by Gasteiger charge is -2.16. The Bertz CT molecular complexity index is 487. The highest BCUT2D eigenvalue weighted by molar-refractivity contribution is 7.89. The molecule has 2 rings (SSSR count). The first-order valence-corrected chi connectivity index (χ1v) is 7.32. The highest BCUT2D eigenvalue weighted by atomic mass is 35.5. The van der Waals surface area contributed by atoms with Crippen LogP contribution in [-0.4, -0.2) is 31.9 Å². The van der Waals surface area contributed by atoms with E-state index in [4.69, 9.17) is 5.73 Å². The monoisotopic (exact) mass is 290 g/mol. The first-order chi connectivity index (χ1) is 8.04.